The molecule has 19 heavy (non-hydrogen) atoms. The number of amides is 1. The van der Waals surface area contributed by atoms with Crippen LogP contribution in [0.3, 0.4) is 0 Å². The molecule has 2 N–H and O–H groups in total. The SMILES string of the molecule is CC(C)(C)OC(=O)NC1CN(C2CCNCC2)C1.Cl. The number of hydrogen-bond donors (Lipinski definition) is 2. The first-order chi connectivity index (χ1) is 8.44. The van der Waals surface area contributed by atoms with Gasteiger partial charge in [-0.25, -0.2) is 4.79 Å². The maximum Gasteiger partial charge on any atom is 0.407 e. The summed E-state index contributed by atoms with van der Waals surface area (Å²) in [7, 11) is 0. The van der Waals surface area contributed by atoms with Gasteiger partial charge in [-0.15, -0.1) is 12.4 Å². The Morgan fingerprint density at radius 3 is 2.37 bits per heavy atom. The van der Waals surface area contributed by atoms with Crippen molar-refractivity contribution < 1.29 is 9.53 Å². The number of nitrogens with one attached hydrogen (secondary N) is 2. The van der Waals surface area contributed by atoms with Gasteiger partial charge in [-0.05, 0) is 46.7 Å². The van der Waals surface area contributed by atoms with Gasteiger partial charge in [-0.1, -0.05) is 0 Å². The van der Waals surface area contributed by atoms with Gasteiger partial charge < -0.3 is 15.4 Å². The highest BCUT2D eigenvalue weighted by Gasteiger charge is 2.34. The van der Waals surface area contributed by atoms with Crippen LogP contribution in [0.2, 0.25) is 0 Å². The zero-order chi connectivity index (χ0) is 13.2. The second-order valence-electron chi connectivity index (χ2n) is 6.28. The van der Waals surface area contributed by atoms with E-state index in [2.05, 4.69) is 15.5 Å². The van der Waals surface area contributed by atoms with Crippen molar-refractivity contribution in [1.82, 2.24) is 15.5 Å². The van der Waals surface area contributed by atoms with E-state index in [-0.39, 0.29) is 24.5 Å². The summed E-state index contributed by atoms with van der Waals surface area (Å²) in [6.07, 6.45) is 2.15. The molecule has 0 aromatic rings. The lowest BCUT2D eigenvalue weighted by Crippen LogP contribution is -2.63. The normalized spacial score (nSPS) is 22.3. The lowest BCUT2D eigenvalue weighted by molar-refractivity contribution is 0.0277. The Labute approximate surface area is 121 Å². The summed E-state index contributed by atoms with van der Waals surface area (Å²) in [5.74, 6) is 0. The highest BCUT2D eigenvalue weighted by atomic mass is 35.5. The van der Waals surface area contributed by atoms with Crippen LogP contribution in [0.5, 0.6) is 0 Å². The number of likely N-dealkylation sites (tertiary alicyclic amines) is 1. The van der Waals surface area contributed by atoms with E-state index in [1.165, 1.54) is 12.8 Å². The quantitative estimate of drug-likeness (QED) is 0.807. The van der Waals surface area contributed by atoms with Crippen LogP contribution in [0.25, 0.3) is 0 Å². The van der Waals surface area contributed by atoms with E-state index in [4.69, 9.17) is 4.74 Å². The van der Waals surface area contributed by atoms with Crippen LogP contribution < -0.4 is 10.6 Å². The molecule has 5 nitrogen and oxygen atoms in total. The molecule has 0 bridgehead atoms. The lowest BCUT2D eigenvalue weighted by Gasteiger charge is -2.45. The predicted molar refractivity (Wildman–Crippen MR) is 77.9 cm³/mol. The summed E-state index contributed by atoms with van der Waals surface area (Å²) in [5.41, 5.74) is -0.414. The van der Waals surface area contributed by atoms with Crippen molar-refractivity contribution in [3.63, 3.8) is 0 Å². The first-order valence-electron chi connectivity index (χ1n) is 6.88. The van der Waals surface area contributed by atoms with Crippen LogP contribution in [0.15, 0.2) is 0 Å². The number of carbonyl (C=O) groups excluding carboxylic acids is 1. The minimum absolute atomic E-state index is 0. The summed E-state index contributed by atoms with van der Waals surface area (Å²) < 4.78 is 5.25. The Bertz CT molecular complexity index is 295. The number of ether oxygens (including phenoxy) is 1. The Morgan fingerprint density at radius 1 is 1.26 bits per heavy atom. The van der Waals surface area contributed by atoms with E-state index in [1.54, 1.807) is 0 Å². The molecule has 2 heterocycles. The molecule has 0 saturated carbocycles. The number of piperidine rings is 1. The van der Waals surface area contributed by atoms with Crippen molar-refractivity contribution in [2.24, 2.45) is 0 Å². The van der Waals surface area contributed by atoms with E-state index in [0.29, 0.717) is 6.04 Å². The molecule has 2 aliphatic rings. The maximum atomic E-state index is 11.6. The lowest BCUT2D eigenvalue weighted by atomic mass is 9.98. The summed E-state index contributed by atoms with van der Waals surface area (Å²) in [6.45, 7) is 9.81. The molecular formula is C13H26ClN3O2. The highest BCUT2D eigenvalue weighted by molar-refractivity contribution is 5.85. The second kappa shape index (κ2) is 6.77. The average molecular weight is 292 g/mol. The number of alkyl carbamates (subject to hydrolysis) is 1. The molecule has 0 aliphatic carbocycles. The van der Waals surface area contributed by atoms with Gasteiger partial charge in [0.1, 0.15) is 5.60 Å². The summed E-state index contributed by atoms with van der Waals surface area (Å²) in [5, 5.41) is 6.29. The van der Waals surface area contributed by atoms with Crippen LogP contribution in [-0.4, -0.2) is 54.9 Å². The number of hydrogen-bond acceptors (Lipinski definition) is 4. The van der Waals surface area contributed by atoms with Gasteiger partial charge in [0.15, 0.2) is 0 Å². The van der Waals surface area contributed by atoms with Gasteiger partial charge in [0.2, 0.25) is 0 Å². The topological polar surface area (TPSA) is 53.6 Å². The molecule has 6 heteroatoms. The van der Waals surface area contributed by atoms with Crippen LogP contribution in [-0.2, 0) is 4.74 Å². The zero-order valence-corrected chi connectivity index (χ0v) is 12.9. The third-order valence-corrected chi connectivity index (χ3v) is 3.46. The van der Waals surface area contributed by atoms with Crippen molar-refractivity contribution >= 4 is 18.5 Å². The molecule has 0 radical (unpaired) electrons. The number of nitrogens with zero attached hydrogens (tertiary/aromatic N) is 1. The van der Waals surface area contributed by atoms with E-state index in [1.807, 2.05) is 20.8 Å². The predicted octanol–water partition coefficient (Wildman–Crippen LogP) is 1.37. The Hall–Kier alpha value is -0.520. The molecule has 0 aromatic heterocycles. The Kier molecular flexibility index (Phi) is 5.89. The zero-order valence-electron chi connectivity index (χ0n) is 12.1. The first kappa shape index (κ1) is 16.5. The fourth-order valence-corrected chi connectivity index (χ4v) is 2.55. The smallest absolute Gasteiger partial charge is 0.407 e. The number of rotatable bonds is 2. The van der Waals surface area contributed by atoms with Gasteiger partial charge in [-0.2, -0.15) is 0 Å². The van der Waals surface area contributed by atoms with Gasteiger partial charge in [0, 0.05) is 19.1 Å². The second-order valence-corrected chi connectivity index (χ2v) is 6.28. The average Bonchev–Trinajstić information content (AvgIpc) is 2.21. The van der Waals surface area contributed by atoms with E-state index < -0.39 is 5.60 Å². The first-order valence-corrected chi connectivity index (χ1v) is 6.88. The molecule has 2 rings (SSSR count). The fourth-order valence-electron chi connectivity index (χ4n) is 2.55. The van der Waals surface area contributed by atoms with E-state index in [0.717, 1.165) is 26.2 Å². The molecule has 112 valence electrons. The molecule has 2 saturated heterocycles. The minimum Gasteiger partial charge on any atom is -0.444 e. The molecular weight excluding hydrogens is 266 g/mol. The van der Waals surface area contributed by atoms with Gasteiger partial charge >= 0.3 is 6.09 Å². The summed E-state index contributed by atoms with van der Waals surface area (Å²) >= 11 is 0. The number of halogens is 1. The molecule has 0 atom stereocenters. The molecule has 2 fully saturated rings. The van der Waals surface area contributed by atoms with Crippen molar-refractivity contribution in [1.29, 1.82) is 0 Å². The van der Waals surface area contributed by atoms with Crippen molar-refractivity contribution in [2.75, 3.05) is 26.2 Å². The molecule has 0 spiro atoms. The number of carbonyl (C=O) groups is 1. The highest BCUT2D eigenvalue weighted by Crippen LogP contribution is 2.19. The van der Waals surface area contributed by atoms with Crippen LogP contribution in [0.1, 0.15) is 33.6 Å². The maximum absolute atomic E-state index is 11.6. The standard InChI is InChI=1S/C13H25N3O2.ClH/c1-13(2,3)18-12(17)15-10-8-16(9-10)11-4-6-14-7-5-11;/h10-11,14H,4-9H2,1-3H3,(H,15,17);1H. The van der Waals surface area contributed by atoms with E-state index >= 15 is 0 Å². The van der Waals surface area contributed by atoms with Gasteiger partial charge in [0.05, 0.1) is 6.04 Å². The van der Waals surface area contributed by atoms with Gasteiger partial charge in [-0.3, -0.25) is 4.90 Å². The molecule has 0 unspecified atom stereocenters. The van der Waals surface area contributed by atoms with Crippen LogP contribution in [0.4, 0.5) is 4.79 Å². The molecule has 1 amide bonds. The van der Waals surface area contributed by atoms with Crippen LogP contribution >= 0.6 is 12.4 Å². The summed E-state index contributed by atoms with van der Waals surface area (Å²) in [4.78, 5) is 14.0. The third-order valence-electron chi connectivity index (χ3n) is 3.46. The van der Waals surface area contributed by atoms with Crippen molar-refractivity contribution in [3.8, 4) is 0 Å². The van der Waals surface area contributed by atoms with Crippen molar-refractivity contribution in [2.45, 2.75) is 51.3 Å². The Balaban J connectivity index is 0.00000180. The minimum atomic E-state index is -0.414. The Morgan fingerprint density at radius 2 is 1.84 bits per heavy atom. The fraction of sp³-hybridized carbons (Fsp3) is 0.923. The van der Waals surface area contributed by atoms with E-state index in [9.17, 15) is 4.79 Å². The molecule has 2 aliphatic heterocycles. The van der Waals surface area contributed by atoms with Gasteiger partial charge in [0.25, 0.3) is 0 Å². The third kappa shape index (κ3) is 5.16. The molecule has 0 aromatic carbocycles. The van der Waals surface area contributed by atoms with Crippen LogP contribution in [0, 0.1) is 0 Å². The largest absolute Gasteiger partial charge is 0.444 e. The van der Waals surface area contributed by atoms with Crippen molar-refractivity contribution in [3.05, 3.63) is 0 Å². The summed E-state index contributed by atoms with van der Waals surface area (Å²) in [6, 6.07) is 0.956. The monoisotopic (exact) mass is 291 g/mol.